The van der Waals surface area contributed by atoms with Crippen molar-refractivity contribution in [1.82, 2.24) is 9.88 Å². The van der Waals surface area contributed by atoms with Gasteiger partial charge in [0.2, 0.25) is 0 Å². The molecule has 3 aromatic rings. The third-order valence-electron chi connectivity index (χ3n) is 4.80. The standard InChI is InChI=1S/C20H19FN2O2.CH2O2/c1-12-3-2-4-16-17(12)8-19(22-20(16)25)13-5-6-14(18(21)7-13)9-23-10-15(24)11-23;2-1-3/h2-8,15,24H,9-11H2,1H3,(H,22,25);1H,(H,2,3). The summed E-state index contributed by atoms with van der Waals surface area (Å²) in [5, 5.41) is 17.7. The Morgan fingerprint density at radius 3 is 2.57 bits per heavy atom. The molecule has 146 valence electrons. The van der Waals surface area contributed by atoms with E-state index in [1.54, 1.807) is 12.1 Å². The summed E-state index contributed by atoms with van der Waals surface area (Å²) >= 11 is 0. The number of nitrogens with one attached hydrogen (secondary N) is 1. The molecule has 1 aliphatic rings. The van der Waals surface area contributed by atoms with E-state index >= 15 is 0 Å². The van der Waals surface area contributed by atoms with Gasteiger partial charge in [0.15, 0.2) is 0 Å². The highest BCUT2D eigenvalue weighted by molar-refractivity contribution is 5.87. The van der Waals surface area contributed by atoms with E-state index in [1.807, 2.05) is 36.1 Å². The van der Waals surface area contributed by atoms with Crippen LogP contribution in [0.15, 0.2) is 47.3 Å². The number of H-pyrrole nitrogens is 1. The van der Waals surface area contributed by atoms with Crippen molar-refractivity contribution in [3.8, 4) is 11.3 Å². The minimum absolute atomic E-state index is 0.171. The number of β-amino-alcohol motifs (C(OH)–C–C–N with tert-alkyl or cyclic N) is 1. The molecule has 2 aromatic carbocycles. The maximum Gasteiger partial charge on any atom is 0.290 e. The quantitative estimate of drug-likeness (QED) is 0.604. The minimum Gasteiger partial charge on any atom is -0.483 e. The van der Waals surface area contributed by atoms with Gasteiger partial charge >= 0.3 is 0 Å². The van der Waals surface area contributed by atoms with Crippen LogP contribution in [0, 0.1) is 12.7 Å². The summed E-state index contributed by atoms with van der Waals surface area (Å²) in [6.07, 6.45) is -0.298. The SMILES string of the molecule is Cc1cccc2c(=O)[nH]c(-c3ccc(CN4CC(O)C4)c(F)c3)cc12.O=CO. The number of aryl methyl sites for hydroxylation is 1. The molecule has 0 saturated carbocycles. The molecule has 0 aliphatic carbocycles. The molecular weight excluding hydrogens is 363 g/mol. The van der Waals surface area contributed by atoms with Crippen LogP contribution in [0.4, 0.5) is 4.39 Å². The maximum atomic E-state index is 14.5. The first-order valence-electron chi connectivity index (χ1n) is 8.82. The summed E-state index contributed by atoms with van der Waals surface area (Å²) in [5.74, 6) is -0.301. The molecule has 1 aliphatic heterocycles. The normalized spacial score (nSPS) is 14.2. The van der Waals surface area contributed by atoms with Crippen LogP contribution in [-0.4, -0.2) is 45.8 Å². The molecule has 0 unspecified atom stereocenters. The van der Waals surface area contributed by atoms with Crippen molar-refractivity contribution < 1.29 is 19.4 Å². The van der Waals surface area contributed by atoms with E-state index in [0.29, 0.717) is 41.8 Å². The summed E-state index contributed by atoms with van der Waals surface area (Å²) in [6, 6.07) is 12.5. The van der Waals surface area contributed by atoms with Crippen molar-refractivity contribution in [2.75, 3.05) is 13.1 Å². The summed E-state index contributed by atoms with van der Waals surface area (Å²) in [6.45, 7) is 3.35. The Labute approximate surface area is 160 Å². The number of pyridine rings is 1. The number of rotatable bonds is 3. The number of aliphatic hydroxyl groups excluding tert-OH is 1. The topological polar surface area (TPSA) is 93.6 Å². The van der Waals surface area contributed by atoms with Gasteiger partial charge in [0.1, 0.15) is 5.82 Å². The number of carbonyl (C=O) groups is 1. The van der Waals surface area contributed by atoms with E-state index in [2.05, 4.69) is 4.98 Å². The third-order valence-corrected chi connectivity index (χ3v) is 4.80. The van der Waals surface area contributed by atoms with Gasteiger partial charge in [0.05, 0.1) is 6.10 Å². The molecule has 7 heteroatoms. The fraction of sp³-hybridized carbons (Fsp3) is 0.238. The van der Waals surface area contributed by atoms with Crippen LogP contribution in [0.2, 0.25) is 0 Å². The number of aliphatic hydroxyl groups is 1. The van der Waals surface area contributed by atoms with Gasteiger partial charge in [-0.1, -0.05) is 24.3 Å². The second kappa shape index (κ2) is 8.33. The van der Waals surface area contributed by atoms with Gasteiger partial charge in [-0.05, 0) is 36.1 Å². The number of aromatic amines is 1. The summed E-state index contributed by atoms with van der Waals surface area (Å²) < 4.78 is 14.5. The summed E-state index contributed by atoms with van der Waals surface area (Å²) in [4.78, 5) is 25.5. The highest BCUT2D eigenvalue weighted by atomic mass is 19.1. The Morgan fingerprint density at radius 2 is 1.93 bits per heavy atom. The second-order valence-corrected chi connectivity index (χ2v) is 6.81. The van der Waals surface area contributed by atoms with Crippen LogP contribution in [0.3, 0.4) is 0 Å². The van der Waals surface area contributed by atoms with Crippen LogP contribution in [-0.2, 0) is 11.3 Å². The monoisotopic (exact) mass is 384 g/mol. The van der Waals surface area contributed by atoms with Crippen LogP contribution < -0.4 is 5.56 Å². The lowest BCUT2D eigenvalue weighted by Gasteiger charge is -2.35. The lowest BCUT2D eigenvalue weighted by Crippen LogP contribution is -2.49. The molecule has 6 nitrogen and oxygen atoms in total. The molecule has 2 heterocycles. The maximum absolute atomic E-state index is 14.5. The first-order chi connectivity index (χ1) is 13.4. The number of aromatic nitrogens is 1. The van der Waals surface area contributed by atoms with Gasteiger partial charge < -0.3 is 15.2 Å². The van der Waals surface area contributed by atoms with Crippen LogP contribution >= 0.6 is 0 Å². The van der Waals surface area contributed by atoms with Gasteiger partial charge in [-0.25, -0.2) is 4.39 Å². The zero-order chi connectivity index (χ0) is 20.3. The molecule has 28 heavy (non-hydrogen) atoms. The van der Waals surface area contributed by atoms with Gasteiger partial charge in [-0.2, -0.15) is 0 Å². The molecule has 0 bridgehead atoms. The van der Waals surface area contributed by atoms with E-state index in [1.165, 1.54) is 6.07 Å². The number of hydrogen-bond acceptors (Lipinski definition) is 4. The molecule has 4 rings (SSSR count). The molecule has 0 spiro atoms. The fourth-order valence-electron chi connectivity index (χ4n) is 3.35. The average molecular weight is 384 g/mol. The third kappa shape index (κ3) is 4.11. The summed E-state index contributed by atoms with van der Waals surface area (Å²) in [7, 11) is 0. The fourth-order valence-corrected chi connectivity index (χ4v) is 3.35. The smallest absolute Gasteiger partial charge is 0.290 e. The van der Waals surface area contributed by atoms with Crippen molar-refractivity contribution >= 4 is 17.2 Å². The van der Waals surface area contributed by atoms with E-state index < -0.39 is 0 Å². The number of likely N-dealkylation sites (tertiary alicyclic amines) is 1. The Hall–Kier alpha value is -3.03. The molecule has 1 saturated heterocycles. The molecule has 1 aromatic heterocycles. The van der Waals surface area contributed by atoms with Crippen LogP contribution in [0.1, 0.15) is 11.1 Å². The van der Waals surface area contributed by atoms with Gasteiger partial charge in [0.25, 0.3) is 12.0 Å². The van der Waals surface area contributed by atoms with Gasteiger partial charge in [0, 0.05) is 41.8 Å². The van der Waals surface area contributed by atoms with Gasteiger partial charge in [-0.3, -0.25) is 14.5 Å². The number of fused-ring (bicyclic) bond motifs is 1. The lowest BCUT2D eigenvalue weighted by atomic mass is 10.0. The van der Waals surface area contributed by atoms with E-state index in [9.17, 15) is 14.3 Å². The van der Waals surface area contributed by atoms with Crippen molar-refractivity contribution in [3.05, 3.63) is 69.8 Å². The molecule has 0 atom stereocenters. The first kappa shape index (κ1) is 19.7. The number of halogens is 1. The largest absolute Gasteiger partial charge is 0.483 e. The Morgan fingerprint density at radius 1 is 1.21 bits per heavy atom. The zero-order valence-corrected chi connectivity index (χ0v) is 15.4. The number of carboxylic acid groups (broad SMARTS) is 1. The van der Waals surface area contributed by atoms with Crippen molar-refractivity contribution in [2.24, 2.45) is 0 Å². The van der Waals surface area contributed by atoms with E-state index in [-0.39, 0.29) is 24.0 Å². The highest BCUT2D eigenvalue weighted by Crippen LogP contribution is 2.25. The molecule has 0 radical (unpaired) electrons. The molecule has 1 fully saturated rings. The Balaban J connectivity index is 0.000000706. The lowest BCUT2D eigenvalue weighted by molar-refractivity contribution is -0.122. The second-order valence-electron chi connectivity index (χ2n) is 6.81. The van der Waals surface area contributed by atoms with E-state index in [4.69, 9.17) is 9.90 Å². The van der Waals surface area contributed by atoms with Crippen LogP contribution in [0.5, 0.6) is 0 Å². The predicted octanol–water partition coefficient (Wildman–Crippen LogP) is 2.52. The molecular formula is C21H21FN2O4. The van der Waals surface area contributed by atoms with Crippen molar-refractivity contribution in [1.29, 1.82) is 0 Å². The molecule has 3 N–H and O–H groups in total. The van der Waals surface area contributed by atoms with Gasteiger partial charge in [-0.15, -0.1) is 0 Å². The van der Waals surface area contributed by atoms with Crippen LogP contribution in [0.25, 0.3) is 22.0 Å². The number of benzene rings is 2. The minimum atomic E-state index is -0.301. The summed E-state index contributed by atoms with van der Waals surface area (Å²) in [5.41, 5.74) is 2.69. The highest BCUT2D eigenvalue weighted by Gasteiger charge is 2.24. The number of nitrogens with zero attached hydrogens (tertiary/aromatic N) is 1. The predicted molar refractivity (Wildman–Crippen MR) is 105 cm³/mol. The Kier molecular flexibility index (Phi) is 5.87. The van der Waals surface area contributed by atoms with Crippen molar-refractivity contribution in [2.45, 2.75) is 19.6 Å². The average Bonchev–Trinajstić information content (AvgIpc) is 2.63. The Bertz CT molecular complexity index is 1060. The first-order valence-corrected chi connectivity index (χ1v) is 8.82. The van der Waals surface area contributed by atoms with Crippen molar-refractivity contribution in [3.63, 3.8) is 0 Å². The van der Waals surface area contributed by atoms with E-state index in [0.717, 1.165) is 10.9 Å². The molecule has 0 amide bonds. The number of hydrogen-bond donors (Lipinski definition) is 3. The zero-order valence-electron chi connectivity index (χ0n) is 15.4.